The molecule has 0 bridgehead atoms. The van der Waals surface area contributed by atoms with E-state index in [2.05, 4.69) is 16.4 Å². The molecule has 0 radical (unpaired) electrons. The minimum atomic E-state index is -0.520. The van der Waals surface area contributed by atoms with Gasteiger partial charge in [-0.2, -0.15) is 5.26 Å². The van der Waals surface area contributed by atoms with Gasteiger partial charge in [0.05, 0.1) is 12.0 Å². The Morgan fingerprint density at radius 2 is 1.93 bits per heavy atom. The Balaban J connectivity index is 1.86. The molecule has 0 aliphatic rings. The minimum Gasteiger partial charge on any atom is -0.507 e. The van der Waals surface area contributed by atoms with Crippen molar-refractivity contribution >= 4 is 29.2 Å². The molecule has 2 aromatic heterocycles. The number of nitrogens with zero attached hydrogens (tertiary/aromatic N) is 3. The highest BCUT2D eigenvalue weighted by Crippen LogP contribution is 2.38. The fourth-order valence-corrected chi connectivity index (χ4v) is 4.12. The fraction of sp³-hybridized carbons (Fsp3) is 0.200. The summed E-state index contributed by atoms with van der Waals surface area (Å²) in [6.45, 7) is 4.70. The molecule has 4 rings (SSSR count). The smallest absolute Gasteiger partial charge is 0.294 e. The van der Waals surface area contributed by atoms with E-state index in [1.807, 2.05) is 13.8 Å². The Hall–Kier alpha value is -4.65. The quantitative estimate of drug-likeness (QED) is 0.269. The van der Waals surface area contributed by atoms with Crippen molar-refractivity contribution in [3.05, 3.63) is 88.8 Å². The zero-order valence-corrected chi connectivity index (χ0v) is 23.0. The van der Waals surface area contributed by atoms with Crippen LogP contribution in [-0.4, -0.2) is 42.0 Å². The standard InChI is InChI=1S/C30H28ClN5O4/c1-30(2,16-33)17-34-28(38)19-7-4-6-18(12-19)22-14-24(21-10-9-20(31)13-25(21)37)35-27(23(22)15-32)36(3)29(39)26-8-5-11-40-26/h4-14,37H,16-17,33H2,1-3H3,(H,34,38). The van der Waals surface area contributed by atoms with E-state index in [1.54, 1.807) is 48.5 Å². The van der Waals surface area contributed by atoms with Crippen LogP contribution in [0.5, 0.6) is 5.75 Å². The Bertz CT molecular complexity index is 1610. The number of nitrogens with two attached hydrogens (primary N) is 1. The molecule has 2 amide bonds. The lowest BCUT2D eigenvalue weighted by molar-refractivity contribution is 0.0936. The number of aromatic hydroxyl groups is 1. The van der Waals surface area contributed by atoms with Crippen LogP contribution in [0.1, 0.15) is 40.3 Å². The van der Waals surface area contributed by atoms with E-state index in [1.165, 1.54) is 30.3 Å². The largest absolute Gasteiger partial charge is 0.507 e. The molecular formula is C30H28ClN5O4. The number of nitriles is 1. The van der Waals surface area contributed by atoms with Crippen molar-refractivity contribution in [3.8, 4) is 34.2 Å². The van der Waals surface area contributed by atoms with Crippen LogP contribution in [0.4, 0.5) is 5.82 Å². The summed E-state index contributed by atoms with van der Waals surface area (Å²) in [6, 6.07) is 18.2. The molecule has 9 nitrogen and oxygen atoms in total. The highest BCUT2D eigenvalue weighted by molar-refractivity contribution is 6.30. The van der Waals surface area contributed by atoms with Crippen molar-refractivity contribution < 1.29 is 19.1 Å². The van der Waals surface area contributed by atoms with Gasteiger partial charge in [-0.05, 0) is 66.1 Å². The van der Waals surface area contributed by atoms with Crippen molar-refractivity contribution in [1.82, 2.24) is 10.3 Å². The first-order valence-corrected chi connectivity index (χ1v) is 12.8. The van der Waals surface area contributed by atoms with Gasteiger partial charge in [-0.25, -0.2) is 4.98 Å². The van der Waals surface area contributed by atoms with Crippen molar-refractivity contribution in [2.75, 3.05) is 25.0 Å². The van der Waals surface area contributed by atoms with Gasteiger partial charge in [-0.1, -0.05) is 37.6 Å². The van der Waals surface area contributed by atoms with Crippen LogP contribution in [-0.2, 0) is 0 Å². The number of aromatic nitrogens is 1. The topological polar surface area (TPSA) is 145 Å². The molecule has 0 unspecified atom stereocenters. The SMILES string of the molecule is CN(C(=O)c1ccco1)c1nc(-c2ccc(Cl)cc2O)cc(-c2cccc(C(=O)NCC(C)(C)CN)c2)c1C#N. The van der Waals surface area contributed by atoms with E-state index in [0.717, 1.165) is 0 Å². The molecular weight excluding hydrogens is 530 g/mol. The third-order valence-electron chi connectivity index (χ3n) is 6.42. The Labute approximate surface area is 236 Å². The predicted octanol–water partition coefficient (Wildman–Crippen LogP) is 5.23. The summed E-state index contributed by atoms with van der Waals surface area (Å²) < 4.78 is 5.26. The molecule has 10 heteroatoms. The number of rotatable bonds is 8. The van der Waals surface area contributed by atoms with E-state index in [4.69, 9.17) is 21.8 Å². The first-order chi connectivity index (χ1) is 19.0. The molecule has 2 aromatic carbocycles. The molecule has 0 atom stereocenters. The molecule has 0 saturated carbocycles. The van der Waals surface area contributed by atoms with Gasteiger partial charge in [-0.15, -0.1) is 0 Å². The predicted molar refractivity (Wildman–Crippen MR) is 153 cm³/mol. The van der Waals surface area contributed by atoms with E-state index in [9.17, 15) is 20.0 Å². The van der Waals surface area contributed by atoms with Crippen molar-refractivity contribution in [3.63, 3.8) is 0 Å². The summed E-state index contributed by atoms with van der Waals surface area (Å²) in [5.74, 6) is -0.832. The lowest BCUT2D eigenvalue weighted by Gasteiger charge is -2.22. The van der Waals surface area contributed by atoms with Crippen LogP contribution in [0.2, 0.25) is 5.02 Å². The summed E-state index contributed by atoms with van der Waals surface area (Å²) in [4.78, 5) is 31.9. The average Bonchev–Trinajstić information content (AvgIpc) is 3.50. The first-order valence-electron chi connectivity index (χ1n) is 12.4. The number of nitrogens with one attached hydrogen (secondary N) is 1. The van der Waals surface area contributed by atoms with Crippen molar-refractivity contribution in [1.29, 1.82) is 5.26 Å². The summed E-state index contributed by atoms with van der Waals surface area (Å²) in [7, 11) is 1.48. The van der Waals surface area contributed by atoms with Crippen molar-refractivity contribution in [2.24, 2.45) is 11.1 Å². The molecule has 2 heterocycles. The second-order valence-electron chi connectivity index (χ2n) is 10.0. The second-order valence-corrected chi connectivity index (χ2v) is 10.4. The second kappa shape index (κ2) is 11.6. The van der Waals surface area contributed by atoms with Gasteiger partial charge in [0.1, 0.15) is 17.4 Å². The van der Waals surface area contributed by atoms with Gasteiger partial charge in [-0.3, -0.25) is 14.5 Å². The maximum atomic E-state index is 13.2. The normalized spacial score (nSPS) is 11.1. The number of carbonyl (C=O) groups excluding carboxylic acids is 2. The summed E-state index contributed by atoms with van der Waals surface area (Å²) in [5.41, 5.74) is 7.57. The van der Waals surface area contributed by atoms with Gasteiger partial charge in [0.15, 0.2) is 11.6 Å². The lowest BCUT2D eigenvalue weighted by atomic mass is 9.93. The van der Waals surface area contributed by atoms with E-state index < -0.39 is 5.91 Å². The number of benzene rings is 2. The molecule has 4 aromatic rings. The van der Waals surface area contributed by atoms with E-state index >= 15 is 0 Å². The summed E-state index contributed by atoms with van der Waals surface area (Å²) in [5, 5.41) is 24.1. The van der Waals surface area contributed by atoms with Crippen LogP contribution >= 0.6 is 11.6 Å². The molecule has 0 aliphatic heterocycles. The number of phenolic OH excluding ortho intramolecular Hbond substituents is 1. The number of carbonyl (C=O) groups is 2. The van der Waals surface area contributed by atoms with Gasteiger partial charge >= 0.3 is 0 Å². The summed E-state index contributed by atoms with van der Waals surface area (Å²) >= 11 is 6.04. The van der Waals surface area contributed by atoms with Gasteiger partial charge in [0.25, 0.3) is 11.8 Å². The maximum Gasteiger partial charge on any atom is 0.294 e. The number of hydrogen-bond donors (Lipinski definition) is 3. The zero-order valence-electron chi connectivity index (χ0n) is 22.2. The number of amides is 2. The number of hydrogen-bond acceptors (Lipinski definition) is 7. The third-order valence-corrected chi connectivity index (χ3v) is 6.65. The van der Waals surface area contributed by atoms with E-state index in [0.29, 0.717) is 40.4 Å². The van der Waals surface area contributed by atoms with Crippen LogP contribution in [0.25, 0.3) is 22.4 Å². The molecule has 0 saturated heterocycles. The number of furan rings is 1. The van der Waals surface area contributed by atoms with Gasteiger partial charge < -0.3 is 20.6 Å². The number of pyridine rings is 1. The third kappa shape index (κ3) is 5.99. The Morgan fingerprint density at radius 1 is 1.15 bits per heavy atom. The van der Waals surface area contributed by atoms with Gasteiger partial charge in [0, 0.05) is 35.3 Å². The molecule has 40 heavy (non-hydrogen) atoms. The highest BCUT2D eigenvalue weighted by atomic mass is 35.5. The maximum absolute atomic E-state index is 13.2. The monoisotopic (exact) mass is 557 g/mol. The average molecular weight is 558 g/mol. The lowest BCUT2D eigenvalue weighted by Crippen LogP contribution is -2.38. The van der Waals surface area contributed by atoms with Crippen LogP contribution in [0.3, 0.4) is 0 Å². The Morgan fingerprint density at radius 3 is 2.58 bits per heavy atom. The Kier molecular flexibility index (Phi) is 8.24. The zero-order chi connectivity index (χ0) is 29.0. The number of anilines is 1. The van der Waals surface area contributed by atoms with Gasteiger partial charge in [0.2, 0.25) is 0 Å². The number of phenols is 1. The molecule has 204 valence electrons. The van der Waals surface area contributed by atoms with Crippen LogP contribution in [0.15, 0.2) is 71.3 Å². The summed E-state index contributed by atoms with van der Waals surface area (Å²) in [6.07, 6.45) is 1.37. The van der Waals surface area contributed by atoms with Crippen LogP contribution in [0, 0.1) is 16.7 Å². The number of halogens is 1. The highest BCUT2D eigenvalue weighted by Gasteiger charge is 2.25. The fourth-order valence-electron chi connectivity index (χ4n) is 3.96. The molecule has 0 spiro atoms. The molecule has 4 N–H and O–H groups in total. The molecule has 0 fully saturated rings. The van der Waals surface area contributed by atoms with E-state index in [-0.39, 0.29) is 39.9 Å². The molecule has 0 aliphatic carbocycles. The van der Waals surface area contributed by atoms with Crippen LogP contribution < -0.4 is 16.0 Å². The van der Waals surface area contributed by atoms with Crippen molar-refractivity contribution in [2.45, 2.75) is 13.8 Å². The minimum absolute atomic E-state index is 0.0466. The first kappa shape index (κ1) is 28.4.